The highest BCUT2D eigenvalue weighted by Crippen LogP contribution is 2.11. The van der Waals surface area contributed by atoms with Gasteiger partial charge in [0.15, 0.2) is 0 Å². The van der Waals surface area contributed by atoms with Crippen molar-refractivity contribution in [2.45, 2.75) is 26.4 Å². The van der Waals surface area contributed by atoms with Crippen LogP contribution in [0.2, 0.25) is 0 Å². The van der Waals surface area contributed by atoms with Crippen molar-refractivity contribution in [2.24, 2.45) is 0 Å². The number of aryl methyl sites for hydroxylation is 1. The Balaban J connectivity index is 2.75. The standard InChI is InChI=1S/C10H18N4OS/c1-4-14-9(8(11)5-12-14)10(15)13-7(2)6-16-3/h5,7H,4,6,11H2,1-3H3,(H,13,15). The van der Waals surface area contributed by atoms with Crippen LogP contribution < -0.4 is 11.1 Å². The summed E-state index contributed by atoms with van der Waals surface area (Å²) in [4.78, 5) is 11.9. The van der Waals surface area contributed by atoms with E-state index in [4.69, 9.17) is 5.73 Å². The molecule has 0 spiro atoms. The number of amides is 1. The van der Waals surface area contributed by atoms with Crippen molar-refractivity contribution < 1.29 is 4.79 Å². The van der Waals surface area contributed by atoms with Gasteiger partial charge in [0, 0.05) is 18.3 Å². The Morgan fingerprint density at radius 2 is 2.44 bits per heavy atom. The molecular formula is C10H18N4OS. The summed E-state index contributed by atoms with van der Waals surface area (Å²) >= 11 is 1.69. The Hall–Kier alpha value is -1.17. The largest absolute Gasteiger partial charge is 0.396 e. The van der Waals surface area contributed by atoms with Crippen LogP contribution in [0.1, 0.15) is 24.3 Å². The Morgan fingerprint density at radius 1 is 1.75 bits per heavy atom. The Kier molecular flexibility index (Phi) is 4.67. The molecule has 1 unspecified atom stereocenters. The summed E-state index contributed by atoms with van der Waals surface area (Å²) in [7, 11) is 0. The molecule has 0 aliphatic rings. The smallest absolute Gasteiger partial charge is 0.271 e. The minimum Gasteiger partial charge on any atom is -0.396 e. The van der Waals surface area contributed by atoms with Crippen LogP contribution in [-0.2, 0) is 6.54 Å². The molecule has 1 heterocycles. The molecule has 1 rings (SSSR count). The Bertz CT molecular complexity index is 364. The van der Waals surface area contributed by atoms with Crippen molar-refractivity contribution in [3.05, 3.63) is 11.9 Å². The molecule has 0 aliphatic heterocycles. The first-order valence-electron chi connectivity index (χ1n) is 5.21. The molecule has 0 aromatic carbocycles. The van der Waals surface area contributed by atoms with Crippen LogP contribution in [0.3, 0.4) is 0 Å². The number of hydrogen-bond donors (Lipinski definition) is 2. The zero-order valence-corrected chi connectivity index (χ0v) is 10.7. The molecule has 3 N–H and O–H groups in total. The number of nitrogens with one attached hydrogen (secondary N) is 1. The minimum atomic E-state index is -0.154. The molecule has 0 saturated heterocycles. The van der Waals surface area contributed by atoms with E-state index in [9.17, 15) is 4.79 Å². The molecule has 1 aromatic heterocycles. The molecule has 16 heavy (non-hydrogen) atoms. The number of thioether (sulfide) groups is 1. The molecule has 90 valence electrons. The van der Waals surface area contributed by atoms with Gasteiger partial charge in [0.2, 0.25) is 0 Å². The van der Waals surface area contributed by atoms with E-state index in [2.05, 4.69) is 10.4 Å². The van der Waals surface area contributed by atoms with Crippen molar-refractivity contribution in [1.82, 2.24) is 15.1 Å². The van der Waals surface area contributed by atoms with Crippen molar-refractivity contribution in [1.29, 1.82) is 0 Å². The zero-order chi connectivity index (χ0) is 12.1. The van der Waals surface area contributed by atoms with Gasteiger partial charge >= 0.3 is 0 Å². The fourth-order valence-electron chi connectivity index (χ4n) is 1.47. The number of nitrogens with zero attached hydrogens (tertiary/aromatic N) is 2. The summed E-state index contributed by atoms with van der Waals surface area (Å²) < 4.78 is 1.61. The zero-order valence-electron chi connectivity index (χ0n) is 9.86. The number of aromatic nitrogens is 2. The van der Waals surface area contributed by atoms with Gasteiger partial charge in [0.05, 0.1) is 11.9 Å². The summed E-state index contributed by atoms with van der Waals surface area (Å²) in [5, 5.41) is 6.93. The summed E-state index contributed by atoms with van der Waals surface area (Å²) in [5.74, 6) is 0.727. The first-order chi connectivity index (χ1) is 7.60. The Labute approximate surface area is 99.8 Å². The molecule has 6 heteroatoms. The lowest BCUT2D eigenvalue weighted by Crippen LogP contribution is -2.35. The summed E-state index contributed by atoms with van der Waals surface area (Å²) in [6.07, 6.45) is 3.52. The highest BCUT2D eigenvalue weighted by molar-refractivity contribution is 7.98. The molecule has 1 atom stereocenters. The number of nitrogens with two attached hydrogens (primary N) is 1. The fourth-order valence-corrected chi connectivity index (χ4v) is 2.06. The normalized spacial score (nSPS) is 12.4. The van der Waals surface area contributed by atoms with Gasteiger partial charge in [-0.25, -0.2) is 0 Å². The first-order valence-corrected chi connectivity index (χ1v) is 6.60. The number of nitrogen functional groups attached to an aromatic ring is 1. The number of carbonyl (C=O) groups is 1. The van der Waals surface area contributed by atoms with Crippen molar-refractivity contribution in [3.8, 4) is 0 Å². The summed E-state index contributed by atoms with van der Waals surface area (Å²) in [5.41, 5.74) is 6.60. The van der Waals surface area contributed by atoms with Gasteiger partial charge in [-0.3, -0.25) is 9.48 Å². The highest BCUT2D eigenvalue weighted by atomic mass is 32.2. The van der Waals surface area contributed by atoms with E-state index in [0.717, 1.165) is 5.75 Å². The molecular weight excluding hydrogens is 224 g/mol. The number of anilines is 1. The van der Waals surface area contributed by atoms with Gasteiger partial charge in [-0.15, -0.1) is 0 Å². The van der Waals surface area contributed by atoms with Crippen LogP contribution in [0.15, 0.2) is 6.20 Å². The predicted molar refractivity (Wildman–Crippen MR) is 67.6 cm³/mol. The molecule has 1 amide bonds. The third kappa shape index (κ3) is 2.91. The van der Waals surface area contributed by atoms with Crippen LogP contribution in [-0.4, -0.2) is 33.7 Å². The van der Waals surface area contributed by atoms with Crippen molar-refractivity contribution in [2.75, 3.05) is 17.7 Å². The maximum absolute atomic E-state index is 11.9. The van der Waals surface area contributed by atoms with Crippen molar-refractivity contribution in [3.63, 3.8) is 0 Å². The van der Waals surface area contributed by atoms with Crippen molar-refractivity contribution >= 4 is 23.4 Å². The summed E-state index contributed by atoms with van der Waals surface area (Å²) in [6.45, 7) is 4.53. The van der Waals surface area contributed by atoms with Gasteiger partial charge in [0.1, 0.15) is 5.69 Å². The quantitative estimate of drug-likeness (QED) is 0.807. The molecule has 5 nitrogen and oxygen atoms in total. The summed E-state index contributed by atoms with van der Waals surface area (Å²) in [6, 6.07) is 0.127. The first kappa shape index (κ1) is 12.9. The molecule has 0 aliphatic carbocycles. The monoisotopic (exact) mass is 242 g/mol. The van der Waals surface area contributed by atoms with Gasteiger partial charge in [-0.1, -0.05) is 0 Å². The number of carbonyl (C=O) groups excluding carboxylic acids is 1. The molecule has 0 fully saturated rings. The van der Waals surface area contributed by atoms with E-state index in [-0.39, 0.29) is 11.9 Å². The van der Waals surface area contributed by atoms with E-state index < -0.39 is 0 Å². The van der Waals surface area contributed by atoms with E-state index in [0.29, 0.717) is 17.9 Å². The van der Waals surface area contributed by atoms with E-state index in [1.165, 1.54) is 6.20 Å². The molecule has 1 aromatic rings. The second-order valence-electron chi connectivity index (χ2n) is 3.59. The Morgan fingerprint density at radius 3 is 3.00 bits per heavy atom. The number of hydrogen-bond acceptors (Lipinski definition) is 4. The van der Waals surface area contributed by atoms with Gasteiger partial charge in [0.25, 0.3) is 5.91 Å². The third-order valence-corrected chi connectivity index (χ3v) is 3.01. The minimum absolute atomic E-state index is 0.127. The average molecular weight is 242 g/mol. The van der Waals surface area contributed by atoms with E-state index in [1.54, 1.807) is 16.4 Å². The lowest BCUT2D eigenvalue weighted by molar-refractivity contribution is 0.0934. The third-order valence-electron chi connectivity index (χ3n) is 2.18. The van der Waals surface area contributed by atoms with E-state index in [1.807, 2.05) is 20.1 Å². The lowest BCUT2D eigenvalue weighted by atomic mass is 10.3. The molecule has 0 saturated carbocycles. The molecule has 0 bridgehead atoms. The second kappa shape index (κ2) is 5.79. The average Bonchev–Trinajstić information content (AvgIpc) is 2.59. The van der Waals surface area contributed by atoms with Gasteiger partial charge in [-0.2, -0.15) is 16.9 Å². The van der Waals surface area contributed by atoms with Crippen LogP contribution in [0.25, 0.3) is 0 Å². The fraction of sp³-hybridized carbons (Fsp3) is 0.600. The van der Waals surface area contributed by atoms with Crippen LogP contribution >= 0.6 is 11.8 Å². The van der Waals surface area contributed by atoms with E-state index >= 15 is 0 Å². The SMILES string of the molecule is CCn1ncc(N)c1C(=O)NC(C)CSC. The maximum atomic E-state index is 11.9. The van der Waals surface area contributed by atoms with Crippen LogP contribution in [0.4, 0.5) is 5.69 Å². The maximum Gasteiger partial charge on any atom is 0.271 e. The number of rotatable bonds is 5. The predicted octanol–water partition coefficient (Wildman–Crippen LogP) is 0.966. The van der Waals surface area contributed by atoms with Crippen LogP contribution in [0.5, 0.6) is 0 Å². The van der Waals surface area contributed by atoms with Gasteiger partial charge < -0.3 is 11.1 Å². The molecule has 0 radical (unpaired) electrons. The highest BCUT2D eigenvalue weighted by Gasteiger charge is 2.17. The second-order valence-corrected chi connectivity index (χ2v) is 4.50. The topological polar surface area (TPSA) is 72.9 Å². The van der Waals surface area contributed by atoms with Gasteiger partial charge in [-0.05, 0) is 20.1 Å². The van der Waals surface area contributed by atoms with Crippen LogP contribution in [0, 0.1) is 0 Å². The lowest BCUT2D eigenvalue weighted by Gasteiger charge is -2.13.